The molecule has 1 aromatic rings. The second-order valence-corrected chi connectivity index (χ2v) is 8.47. The van der Waals surface area contributed by atoms with Gasteiger partial charge in [0.05, 0.1) is 18.5 Å². The van der Waals surface area contributed by atoms with Gasteiger partial charge in [0, 0.05) is 45.0 Å². The van der Waals surface area contributed by atoms with Gasteiger partial charge in [-0.15, -0.1) is 0 Å². The van der Waals surface area contributed by atoms with Crippen LogP contribution in [-0.2, 0) is 21.4 Å². The molecule has 2 amide bonds. The van der Waals surface area contributed by atoms with E-state index in [1.807, 2.05) is 25.9 Å². The summed E-state index contributed by atoms with van der Waals surface area (Å²) < 4.78 is 23.7. The molecule has 9 nitrogen and oxygen atoms in total. The Kier molecular flexibility index (Phi) is 8.80. The molecule has 0 saturated heterocycles. The minimum atomic E-state index is -3.62. The Hall–Kier alpha value is -2.04. The summed E-state index contributed by atoms with van der Waals surface area (Å²) in [6.45, 7) is 4.46. The monoisotopic (exact) mass is 399 g/mol. The average Bonchev–Trinajstić information content (AvgIpc) is 2.60. The van der Waals surface area contributed by atoms with E-state index >= 15 is 0 Å². The molecule has 1 rings (SSSR count). The second kappa shape index (κ2) is 10.3. The third-order valence-corrected chi connectivity index (χ3v) is 5.14. The van der Waals surface area contributed by atoms with E-state index in [0.717, 1.165) is 12.8 Å². The quantitative estimate of drug-likeness (QED) is 0.572. The highest BCUT2D eigenvalue weighted by Crippen LogP contribution is 2.08. The predicted molar refractivity (Wildman–Crippen MR) is 104 cm³/mol. The highest BCUT2D eigenvalue weighted by molar-refractivity contribution is 7.88. The molecule has 1 N–H and O–H groups in total. The maximum atomic E-state index is 12.2. The van der Waals surface area contributed by atoms with Crippen molar-refractivity contribution in [1.82, 2.24) is 24.4 Å². The van der Waals surface area contributed by atoms with Gasteiger partial charge in [0.15, 0.2) is 0 Å². The highest BCUT2D eigenvalue weighted by Gasteiger charge is 2.20. The number of nitrogens with zero attached hydrogens (tertiary/aromatic N) is 4. The normalized spacial score (nSPS) is 11.5. The summed E-state index contributed by atoms with van der Waals surface area (Å²) in [5.41, 5.74) is 0.772. The Labute approximate surface area is 161 Å². The average molecular weight is 400 g/mol. The van der Waals surface area contributed by atoms with Crippen molar-refractivity contribution in [3.63, 3.8) is 0 Å². The van der Waals surface area contributed by atoms with Crippen LogP contribution in [0.5, 0.6) is 0 Å². The molecule has 0 aliphatic heterocycles. The molecule has 0 atom stereocenters. The Morgan fingerprint density at radius 1 is 1.19 bits per heavy atom. The van der Waals surface area contributed by atoms with Crippen LogP contribution >= 0.6 is 0 Å². The molecular formula is C17H29N5O4S. The van der Waals surface area contributed by atoms with Gasteiger partial charge in [-0.25, -0.2) is 12.7 Å². The van der Waals surface area contributed by atoms with Crippen LogP contribution in [0.1, 0.15) is 23.0 Å². The number of nitrogens with one attached hydrogen (secondary N) is 1. The Morgan fingerprint density at radius 2 is 1.85 bits per heavy atom. The van der Waals surface area contributed by atoms with E-state index in [0.29, 0.717) is 29.6 Å². The van der Waals surface area contributed by atoms with Crippen molar-refractivity contribution < 1.29 is 18.0 Å². The van der Waals surface area contributed by atoms with E-state index in [4.69, 9.17) is 0 Å². The minimum absolute atomic E-state index is 0.0107. The van der Waals surface area contributed by atoms with Crippen LogP contribution in [0.25, 0.3) is 0 Å². The van der Waals surface area contributed by atoms with Crippen LogP contribution in [0.2, 0.25) is 0 Å². The second-order valence-electron chi connectivity index (χ2n) is 6.45. The predicted octanol–water partition coefficient (Wildman–Crippen LogP) is -0.387. The number of hydrogen-bond acceptors (Lipinski definition) is 7. The molecule has 0 fully saturated rings. The zero-order valence-corrected chi connectivity index (χ0v) is 17.4. The van der Waals surface area contributed by atoms with Crippen molar-refractivity contribution in [2.75, 3.05) is 53.6 Å². The summed E-state index contributed by atoms with van der Waals surface area (Å²) in [6.07, 6.45) is 2.41. The van der Waals surface area contributed by atoms with Gasteiger partial charge in [-0.05, 0) is 33.2 Å². The zero-order valence-electron chi connectivity index (χ0n) is 16.6. The lowest BCUT2D eigenvalue weighted by Gasteiger charge is -2.23. The van der Waals surface area contributed by atoms with E-state index < -0.39 is 15.9 Å². The fourth-order valence-corrected chi connectivity index (χ4v) is 2.64. The van der Waals surface area contributed by atoms with Crippen LogP contribution < -0.4 is 5.32 Å². The summed E-state index contributed by atoms with van der Waals surface area (Å²) in [5.74, 6) is -0.638. The van der Waals surface area contributed by atoms with E-state index in [-0.39, 0.29) is 18.0 Å². The zero-order chi connectivity index (χ0) is 20.6. The van der Waals surface area contributed by atoms with Gasteiger partial charge < -0.3 is 15.1 Å². The first-order valence-electron chi connectivity index (χ1n) is 8.62. The van der Waals surface area contributed by atoms with Crippen LogP contribution in [0, 0.1) is 0 Å². The van der Waals surface area contributed by atoms with Crippen molar-refractivity contribution in [3.05, 3.63) is 29.6 Å². The number of pyridine rings is 1. The Balaban J connectivity index is 2.63. The van der Waals surface area contributed by atoms with Gasteiger partial charge in [-0.2, -0.15) is 0 Å². The molecule has 0 aliphatic rings. The van der Waals surface area contributed by atoms with E-state index in [2.05, 4.69) is 10.3 Å². The van der Waals surface area contributed by atoms with Crippen molar-refractivity contribution >= 4 is 21.8 Å². The van der Waals surface area contributed by atoms with Gasteiger partial charge in [0.1, 0.15) is 0 Å². The largest absolute Gasteiger partial charge is 0.341 e. The highest BCUT2D eigenvalue weighted by atomic mass is 32.2. The number of likely N-dealkylation sites (N-methyl/N-ethyl adjacent to an activating group) is 2. The van der Waals surface area contributed by atoms with Crippen LogP contribution in [0.4, 0.5) is 0 Å². The lowest BCUT2D eigenvalue weighted by Crippen LogP contribution is -2.41. The number of carbonyl (C=O) groups is 2. The third-order valence-electron chi connectivity index (χ3n) is 3.98. The SMILES string of the molecule is CCN(CCN(C)C)C(=O)CNCc1cc(C(=O)N(C)S(C)(=O)=O)ccn1. The molecule has 0 unspecified atom stereocenters. The fraction of sp³-hybridized carbons (Fsp3) is 0.588. The van der Waals surface area contributed by atoms with E-state index in [1.54, 1.807) is 4.90 Å². The summed E-state index contributed by atoms with van der Waals surface area (Å²) >= 11 is 0. The number of carbonyl (C=O) groups excluding carboxylic acids is 2. The van der Waals surface area contributed by atoms with Crippen molar-refractivity contribution in [1.29, 1.82) is 0 Å². The first-order valence-corrected chi connectivity index (χ1v) is 10.5. The lowest BCUT2D eigenvalue weighted by atomic mass is 10.2. The molecule has 1 heterocycles. The van der Waals surface area contributed by atoms with E-state index in [9.17, 15) is 18.0 Å². The molecule has 0 saturated carbocycles. The molecule has 0 bridgehead atoms. The summed E-state index contributed by atoms with van der Waals surface area (Å²) in [7, 11) is 1.50. The number of sulfonamides is 1. The lowest BCUT2D eigenvalue weighted by molar-refractivity contribution is -0.130. The maximum absolute atomic E-state index is 12.2. The van der Waals surface area contributed by atoms with Gasteiger partial charge in [-0.3, -0.25) is 14.6 Å². The van der Waals surface area contributed by atoms with Crippen molar-refractivity contribution in [3.8, 4) is 0 Å². The van der Waals surface area contributed by atoms with Gasteiger partial charge in [-0.1, -0.05) is 0 Å². The molecule has 0 aliphatic carbocycles. The Morgan fingerprint density at radius 3 is 2.41 bits per heavy atom. The summed E-state index contributed by atoms with van der Waals surface area (Å²) in [6, 6.07) is 2.98. The van der Waals surface area contributed by atoms with Crippen molar-refractivity contribution in [2.24, 2.45) is 0 Å². The van der Waals surface area contributed by atoms with Gasteiger partial charge >= 0.3 is 0 Å². The molecule has 152 valence electrons. The smallest absolute Gasteiger partial charge is 0.267 e. The molecule has 0 spiro atoms. The van der Waals surface area contributed by atoms with Crippen molar-refractivity contribution in [2.45, 2.75) is 13.5 Å². The summed E-state index contributed by atoms with van der Waals surface area (Å²) in [5, 5.41) is 3.02. The molecule has 10 heteroatoms. The van der Waals surface area contributed by atoms with Crippen LogP contribution in [0.15, 0.2) is 18.3 Å². The molecule has 27 heavy (non-hydrogen) atoms. The van der Waals surface area contributed by atoms with Crippen LogP contribution in [0.3, 0.4) is 0 Å². The molecule has 0 aromatic carbocycles. The first-order chi connectivity index (χ1) is 12.6. The standard InChI is InChI=1S/C17H29N5O4S/c1-6-22(10-9-20(2)3)16(23)13-18-12-15-11-14(7-8-19-15)17(24)21(4)27(5,25)26/h7-8,11,18H,6,9-10,12-13H2,1-5H3. The fourth-order valence-electron chi connectivity index (χ4n) is 2.23. The maximum Gasteiger partial charge on any atom is 0.267 e. The molecular weight excluding hydrogens is 370 g/mol. The first kappa shape index (κ1) is 23.0. The van der Waals surface area contributed by atoms with Gasteiger partial charge in [0.25, 0.3) is 5.91 Å². The molecule has 1 aromatic heterocycles. The number of aromatic nitrogens is 1. The number of amides is 2. The third kappa shape index (κ3) is 7.61. The van der Waals surface area contributed by atoms with E-state index in [1.165, 1.54) is 25.4 Å². The topological polar surface area (TPSA) is 103 Å². The Bertz CT molecular complexity index is 751. The number of rotatable bonds is 10. The molecule has 0 radical (unpaired) electrons. The van der Waals surface area contributed by atoms with Gasteiger partial charge in [0.2, 0.25) is 15.9 Å². The van der Waals surface area contributed by atoms with Crippen LogP contribution in [-0.4, -0.2) is 92.9 Å². The number of hydrogen-bond donors (Lipinski definition) is 1. The minimum Gasteiger partial charge on any atom is -0.341 e. The summed E-state index contributed by atoms with van der Waals surface area (Å²) in [4.78, 5) is 32.4.